The zero-order valence-corrected chi connectivity index (χ0v) is 17.6. The van der Waals surface area contributed by atoms with Crippen molar-refractivity contribution in [3.8, 4) is 0 Å². The lowest BCUT2D eigenvalue weighted by Crippen LogP contribution is -2.39. The first-order chi connectivity index (χ1) is 14.5. The molecular weight excluding hydrogens is 398 g/mol. The molecule has 30 heavy (non-hydrogen) atoms. The van der Waals surface area contributed by atoms with Crippen molar-refractivity contribution in [3.63, 3.8) is 0 Å². The van der Waals surface area contributed by atoms with E-state index >= 15 is 0 Å². The number of rotatable bonds is 6. The topological polar surface area (TPSA) is 67.6 Å². The first-order valence-corrected chi connectivity index (χ1v) is 11.9. The molecule has 5 nitrogen and oxygen atoms in total. The van der Waals surface area contributed by atoms with Crippen molar-refractivity contribution in [2.45, 2.75) is 29.9 Å². The van der Waals surface area contributed by atoms with Crippen LogP contribution in [0, 0.1) is 5.92 Å². The summed E-state index contributed by atoms with van der Waals surface area (Å²) in [7, 11) is -3.54. The van der Waals surface area contributed by atoms with Crippen LogP contribution in [-0.2, 0) is 22.0 Å². The molecule has 2 aromatic carbocycles. The highest BCUT2D eigenvalue weighted by atomic mass is 32.2. The van der Waals surface area contributed by atoms with Gasteiger partial charge in [0.25, 0.3) is 5.91 Å². The number of carbonyl (C=O) groups is 1. The average Bonchev–Trinajstić information content (AvgIpc) is 3.22. The van der Waals surface area contributed by atoms with E-state index in [1.165, 1.54) is 11.8 Å². The van der Waals surface area contributed by atoms with Gasteiger partial charge in [0.15, 0.2) is 15.6 Å². The molecule has 1 aliphatic rings. The van der Waals surface area contributed by atoms with E-state index in [0.29, 0.717) is 24.6 Å². The Balaban J connectivity index is 1.40. The Morgan fingerprint density at radius 3 is 2.23 bits per heavy atom. The zero-order valence-electron chi connectivity index (χ0n) is 16.7. The second-order valence-electron chi connectivity index (χ2n) is 7.77. The van der Waals surface area contributed by atoms with Crippen molar-refractivity contribution in [1.82, 2.24) is 4.90 Å². The minimum Gasteiger partial charge on any atom is -0.459 e. The van der Waals surface area contributed by atoms with Crippen LogP contribution in [0.3, 0.4) is 0 Å². The van der Waals surface area contributed by atoms with Crippen molar-refractivity contribution in [3.05, 3.63) is 89.9 Å². The minimum atomic E-state index is -3.54. The highest BCUT2D eigenvalue weighted by Gasteiger charge is 2.28. The molecule has 3 aromatic rings. The standard InChI is InChI=1S/C24H25NO4S/c26-24(25-14-11-20(12-15-25)17-19-7-3-1-4-8-19)23-21(13-16-29-23)18-30(27,28)22-9-5-2-6-10-22/h1-10,13,16,20H,11-12,14-15,17-18H2. The van der Waals surface area contributed by atoms with Gasteiger partial charge in [0.05, 0.1) is 16.9 Å². The summed E-state index contributed by atoms with van der Waals surface area (Å²) in [6.07, 6.45) is 4.27. The largest absolute Gasteiger partial charge is 0.459 e. The molecule has 0 bridgehead atoms. The molecule has 0 saturated carbocycles. The lowest BCUT2D eigenvalue weighted by Gasteiger charge is -2.31. The summed E-state index contributed by atoms with van der Waals surface area (Å²) in [6.45, 7) is 1.31. The third kappa shape index (κ3) is 4.65. The summed E-state index contributed by atoms with van der Waals surface area (Å²) < 4.78 is 30.8. The maximum absolute atomic E-state index is 13.0. The molecule has 1 aliphatic heterocycles. The lowest BCUT2D eigenvalue weighted by atomic mass is 9.90. The molecule has 1 amide bonds. The van der Waals surface area contributed by atoms with E-state index in [2.05, 4.69) is 24.3 Å². The monoisotopic (exact) mass is 423 g/mol. The fourth-order valence-electron chi connectivity index (χ4n) is 3.98. The normalized spacial score (nSPS) is 15.3. The number of benzene rings is 2. The van der Waals surface area contributed by atoms with Gasteiger partial charge in [0.2, 0.25) is 0 Å². The molecule has 2 heterocycles. The van der Waals surface area contributed by atoms with Crippen LogP contribution in [0.2, 0.25) is 0 Å². The van der Waals surface area contributed by atoms with Gasteiger partial charge >= 0.3 is 0 Å². The zero-order chi connectivity index (χ0) is 21.0. The summed E-state index contributed by atoms with van der Waals surface area (Å²) in [5.41, 5.74) is 1.73. The van der Waals surface area contributed by atoms with Gasteiger partial charge in [-0.3, -0.25) is 4.79 Å². The molecule has 156 valence electrons. The van der Waals surface area contributed by atoms with Crippen LogP contribution in [0.5, 0.6) is 0 Å². The minimum absolute atomic E-state index is 0.135. The molecule has 0 radical (unpaired) electrons. The quantitative estimate of drug-likeness (QED) is 0.591. The number of likely N-dealkylation sites (tertiary alicyclic amines) is 1. The molecular formula is C24H25NO4S. The summed E-state index contributed by atoms with van der Waals surface area (Å²) in [4.78, 5) is 15.0. The molecule has 0 unspecified atom stereocenters. The smallest absolute Gasteiger partial charge is 0.289 e. The fourth-order valence-corrected chi connectivity index (χ4v) is 5.36. The van der Waals surface area contributed by atoms with Crippen LogP contribution in [0.25, 0.3) is 0 Å². The Morgan fingerprint density at radius 1 is 0.933 bits per heavy atom. The second kappa shape index (κ2) is 8.88. The number of furan rings is 1. The van der Waals surface area contributed by atoms with Gasteiger partial charge in [-0.15, -0.1) is 0 Å². The predicted molar refractivity (Wildman–Crippen MR) is 115 cm³/mol. The number of nitrogens with zero attached hydrogens (tertiary/aromatic N) is 1. The first-order valence-electron chi connectivity index (χ1n) is 10.2. The van der Waals surface area contributed by atoms with Gasteiger partial charge in [0.1, 0.15) is 0 Å². The third-order valence-corrected chi connectivity index (χ3v) is 7.34. The van der Waals surface area contributed by atoms with E-state index in [4.69, 9.17) is 4.42 Å². The molecule has 0 atom stereocenters. The van der Waals surface area contributed by atoms with Gasteiger partial charge in [-0.2, -0.15) is 0 Å². The summed E-state index contributed by atoms with van der Waals surface area (Å²) in [5.74, 6) is 0.206. The Kier molecular flexibility index (Phi) is 6.04. The van der Waals surface area contributed by atoms with Gasteiger partial charge in [0, 0.05) is 18.7 Å². The Morgan fingerprint density at radius 2 is 1.57 bits per heavy atom. The van der Waals surface area contributed by atoms with Crippen molar-refractivity contribution in [2.75, 3.05) is 13.1 Å². The van der Waals surface area contributed by atoms with Crippen molar-refractivity contribution < 1.29 is 17.6 Å². The van der Waals surface area contributed by atoms with Crippen LogP contribution in [-0.4, -0.2) is 32.3 Å². The summed E-state index contributed by atoms with van der Waals surface area (Å²) >= 11 is 0. The van der Waals surface area contributed by atoms with Crippen molar-refractivity contribution in [2.24, 2.45) is 5.92 Å². The van der Waals surface area contributed by atoms with Crippen molar-refractivity contribution >= 4 is 15.7 Å². The third-order valence-electron chi connectivity index (χ3n) is 5.66. The van der Waals surface area contributed by atoms with E-state index in [9.17, 15) is 13.2 Å². The number of amides is 1. The van der Waals surface area contributed by atoms with E-state index in [-0.39, 0.29) is 22.3 Å². The molecule has 1 fully saturated rings. The Bertz CT molecular complexity index is 1080. The number of hydrogen-bond acceptors (Lipinski definition) is 4. The van der Waals surface area contributed by atoms with Gasteiger partial charge in [-0.25, -0.2) is 8.42 Å². The molecule has 0 spiro atoms. The van der Waals surface area contributed by atoms with Crippen LogP contribution in [0.1, 0.15) is 34.5 Å². The molecule has 0 aliphatic carbocycles. The first kappa shape index (κ1) is 20.4. The maximum Gasteiger partial charge on any atom is 0.289 e. The van der Waals surface area contributed by atoms with Crippen molar-refractivity contribution in [1.29, 1.82) is 0 Å². The van der Waals surface area contributed by atoms with Gasteiger partial charge < -0.3 is 9.32 Å². The average molecular weight is 424 g/mol. The predicted octanol–water partition coefficient (Wildman–Crippen LogP) is 4.35. The molecule has 4 rings (SSSR count). The summed E-state index contributed by atoms with van der Waals surface area (Å²) in [5, 5.41) is 0. The van der Waals surface area contributed by atoms with Crippen LogP contribution >= 0.6 is 0 Å². The van der Waals surface area contributed by atoms with Crippen LogP contribution < -0.4 is 0 Å². The maximum atomic E-state index is 13.0. The van der Waals surface area contributed by atoms with Crippen LogP contribution in [0.4, 0.5) is 0 Å². The lowest BCUT2D eigenvalue weighted by molar-refractivity contribution is 0.0657. The number of hydrogen-bond donors (Lipinski definition) is 0. The second-order valence-corrected chi connectivity index (χ2v) is 9.76. The van der Waals surface area contributed by atoms with E-state index in [0.717, 1.165) is 19.3 Å². The Labute approximate surface area is 177 Å². The summed E-state index contributed by atoms with van der Waals surface area (Å²) in [6, 6.07) is 20.3. The Hall–Kier alpha value is -2.86. The SMILES string of the molecule is O=C(c1occc1CS(=O)(=O)c1ccccc1)N1CCC(Cc2ccccc2)CC1. The highest BCUT2D eigenvalue weighted by Crippen LogP contribution is 2.25. The van der Waals surface area contributed by atoms with E-state index in [1.54, 1.807) is 41.3 Å². The van der Waals surface area contributed by atoms with Gasteiger partial charge in [-0.05, 0) is 48.9 Å². The molecule has 1 saturated heterocycles. The highest BCUT2D eigenvalue weighted by molar-refractivity contribution is 7.90. The number of piperidine rings is 1. The number of sulfone groups is 1. The molecule has 0 N–H and O–H groups in total. The van der Waals surface area contributed by atoms with E-state index in [1.807, 2.05) is 6.07 Å². The number of carbonyl (C=O) groups excluding carboxylic acids is 1. The molecule has 6 heteroatoms. The van der Waals surface area contributed by atoms with Crippen LogP contribution in [0.15, 0.2) is 82.3 Å². The van der Waals surface area contributed by atoms with E-state index < -0.39 is 9.84 Å². The molecule has 1 aromatic heterocycles. The van der Waals surface area contributed by atoms with Gasteiger partial charge in [-0.1, -0.05) is 48.5 Å². The fraction of sp³-hybridized carbons (Fsp3) is 0.292.